The lowest BCUT2D eigenvalue weighted by molar-refractivity contribution is 0.0329. The molecule has 2 rings (SSSR count). The summed E-state index contributed by atoms with van der Waals surface area (Å²) in [4.78, 5) is 4.04. The molecule has 0 saturated heterocycles. The van der Waals surface area contributed by atoms with Gasteiger partial charge in [-0.25, -0.2) is 0 Å². The normalized spacial score (nSPS) is 34.1. The largest absolute Gasteiger partial charge is 0.498 e. The number of ether oxygens (including phenoxy) is 1. The van der Waals surface area contributed by atoms with E-state index >= 15 is 0 Å². The number of hydrogen-bond acceptors (Lipinski definition) is 3. The lowest BCUT2D eigenvalue weighted by Gasteiger charge is -2.30. The Morgan fingerprint density at radius 3 is 3.36 bits per heavy atom. The highest BCUT2D eigenvalue weighted by molar-refractivity contribution is 6.03. The Morgan fingerprint density at radius 1 is 1.64 bits per heavy atom. The maximum absolute atomic E-state index is 9.83. The minimum atomic E-state index is -0.872. The summed E-state index contributed by atoms with van der Waals surface area (Å²) in [6.45, 7) is 0.312. The lowest BCUT2D eigenvalue weighted by atomic mass is 9.91. The van der Waals surface area contributed by atoms with Gasteiger partial charge in [-0.15, -0.1) is 0 Å². The first-order chi connectivity index (χ1) is 5.31. The molecular formula is C8H9NO2. The van der Waals surface area contributed by atoms with Crippen molar-refractivity contribution in [2.24, 2.45) is 4.99 Å². The molecule has 0 bridgehead atoms. The summed E-state index contributed by atoms with van der Waals surface area (Å²) in [7, 11) is 0. The molecule has 3 heteroatoms. The van der Waals surface area contributed by atoms with Crippen molar-refractivity contribution < 1.29 is 9.84 Å². The molecule has 58 valence electrons. The Morgan fingerprint density at radius 2 is 2.55 bits per heavy atom. The average molecular weight is 151 g/mol. The minimum Gasteiger partial charge on any atom is -0.498 e. The van der Waals surface area contributed by atoms with E-state index in [0.717, 1.165) is 0 Å². The van der Waals surface area contributed by atoms with Crippen LogP contribution in [0.2, 0.25) is 0 Å². The SMILES string of the molecule is OC12CC=CN=C1C=COC2. The number of nitrogens with zero attached hydrogens (tertiary/aromatic N) is 1. The molecule has 0 spiro atoms. The van der Waals surface area contributed by atoms with Crippen LogP contribution in [0, 0.1) is 0 Å². The Labute approximate surface area is 64.7 Å². The molecule has 2 aliphatic rings. The third-order valence-corrected chi connectivity index (χ3v) is 1.90. The topological polar surface area (TPSA) is 41.8 Å². The fourth-order valence-electron chi connectivity index (χ4n) is 1.23. The van der Waals surface area contributed by atoms with Gasteiger partial charge in [0.25, 0.3) is 0 Å². The van der Waals surface area contributed by atoms with Crippen LogP contribution < -0.4 is 0 Å². The zero-order chi connectivity index (χ0) is 7.73. The molecule has 11 heavy (non-hydrogen) atoms. The molecule has 2 aliphatic heterocycles. The molecule has 0 aliphatic carbocycles. The lowest BCUT2D eigenvalue weighted by Crippen LogP contribution is -2.44. The summed E-state index contributed by atoms with van der Waals surface area (Å²) >= 11 is 0. The predicted molar refractivity (Wildman–Crippen MR) is 41.2 cm³/mol. The first kappa shape index (κ1) is 6.61. The average Bonchev–Trinajstić information content (AvgIpc) is 2.03. The standard InChI is InChI=1S/C8H9NO2/c10-8-3-1-4-9-7(8)2-5-11-6-8/h1-2,4-5,10H,3,6H2. The summed E-state index contributed by atoms with van der Waals surface area (Å²) in [6.07, 6.45) is 7.40. The van der Waals surface area contributed by atoms with Gasteiger partial charge in [-0.2, -0.15) is 0 Å². The van der Waals surface area contributed by atoms with Gasteiger partial charge >= 0.3 is 0 Å². The molecule has 1 N–H and O–H groups in total. The van der Waals surface area contributed by atoms with E-state index in [0.29, 0.717) is 18.7 Å². The quantitative estimate of drug-likeness (QED) is 0.551. The van der Waals surface area contributed by atoms with Crippen molar-refractivity contribution in [3.8, 4) is 0 Å². The van der Waals surface area contributed by atoms with Crippen LogP contribution >= 0.6 is 0 Å². The Hall–Kier alpha value is -1.09. The number of aliphatic imine (C=N–C) groups is 1. The molecule has 0 fully saturated rings. The monoisotopic (exact) mass is 151 g/mol. The van der Waals surface area contributed by atoms with Gasteiger partial charge < -0.3 is 9.84 Å². The van der Waals surface area contributed by atoms with Crippen LogP contribution in [0.15, 0.2) is 29.6 Å². The van der Waals surface area contributed by atoms with Crippen LogP contribution in [0.3, 0.4) is 0 Å². The molecule has 0 aromatic heterocycles. The fraction of sp³-hybridized carbons (Fsp3) is 0.375. The smallest absolute Gasteiger partial charge is 0.144 e. The molecule has 0 amide bonds. The second-order valence-electron chi connectivity index (χ2n) is 2.75. The van der Waals surface area contributed by atoms with Gasteiger partial charge in [0.15, 0.2) is 0 Å². The van der Waals surface area contributed by atoms with E-state index in [1.807, 2.05) is 6.08 Å². The third-order valence-electron chi connectivity index (χ3n) is 1.90. The van der Waals surface area contributed by atoms with Crippen LogP contribution in [0.4, 0.5) is 0 Å². The van der Waals surface area contributed by atoms with E-state index in [2.05, 4.69) is 4.99 Å². The van der Waals surface area contributed by atoms with Crippen molar-refractivity contribution in [1.29, 1.82) is 0 Å². The summed E-state index contributed by atoms with van der Waals surface area (Å²) in [5, 5.41) is 9.83. The van der Waals surface area contributed by atoms with Crippen molar-refractivity contribution in [3.63, 3.8) is 0 Å². The zero-order valence-corrected chi connectivity index (χ0v) is 6.03. The molecule has 1 unspecified atom stereocenters. The highest BCUT2D eigenvalue weighted by Crippen LogP contribution is 2.22. The summed E-state index contributed by atoms with van der Waals surface area (Å²) in [5.74, 6) is 0. The Kier molecular flexibility index (Phi) is 1.32. The summed E-state index contributed by atoms with van der Waals surface area (Å²) in [5.41, 5.74) is -0.171. The molecule has 2 heterocycles. The van der Waals surface area contributed by atoms with Crippen LogP contribution in [-0.2, 0) is 4.74 Å². The van der Waals surface area contributed by atoms with Gasteiger partial charge in [-0.05, 0) is 6.08 Å². The number of fused-ring (bicyclic) bond motifs is 1. The second kappa shape index (κ2) is 2.20. The molecule has 0 aromatic rings. The van der Waals surface area contributed by atoms with Gasteiger partial charge in [0.2, 0.25) is 0 Å². The molecule has 1 atom stereocenters. The molecule has 0 aromatic carbocycles. The van der Waals surface area contributed by atoms with E-state index in [4.69, 9.17) is 4.74 Å². The first-order valence-corrected chi connectivity index (χ1v) is 3.55. The van der Waals surface area contributed by atoms with E-state index in [1.165, 1.54) is 0 Å². The third kappa shape index (κ3) is 0.973. The van der Waals surface area contributed by atoms with Crippen molar-refractivity contribution in [2.75, 3.05) is 6.61 Å². The van der Waals surface area contributed by atoms with E-state index in [9.17, 15) is 5.11 Å². The highest BCUT2D eigenvalue weighted by atomic mass is 16.5. The Balaban J connectivity index is 2.38. The van der Waals surface area contributed by atoms with Crippen molar-refractivity contribution >= 4 is 5.71 Å². The number of aliphatic hydroxyl groups is 1. The molecular weight excluding hydrogens is 142 g/mol. The summed E-state index contributed by atoms with van der Waals surface area (Å²) < 4.78 is 5.00. The zero-order valence-electron chi connectivity index (χ0n) is 6.03. The highest BCUT2D eigenvalue weighted by Gasteiger charge is 2.34. The van der Waals surface area contributed by atoms with Gasteiger partial charge in [-0.3, -0.25) is 4.99 Å². The van der Waals surface area contributed by atoms with Crippen molar-refractivity contribution in [2.45, 2.75) is 12.0 Å². The van der Waals surface area contributed by atoms with E-state index in [-0.39, 0.29) is 0 Å². The predicted octanol–water partition coefficient (Wildman–Crippen LogP) is 0.620. The van der Waals surface area contributed by atoms with Crippen LogP contribution in [0.5, 0.6) is 0 Å². The van der Waals surface area contributed by atoms with Crippen LogP contribution in [0.1, 0.15) is 6.42 Å². The fourth-order valence-corrected chi connectivity index (χ4v) is 1.23. The molecule has 3 nitrogen and oxygen atoms in total. The van der Waals surface area contributed by atoms with E-state index < -0.39 is 5.60 Å². The van der Waals surface area contributed by atoms with Crippen molar-refractivity contribution in [3.05, 3.63) is 24.6 Å². The first-order valence-electron chi connectivity index (χ1n) is 3.55. The molecule has 0 radical (unpaired) electrons. The van der Waals surface area contributed by atoms with E-state index in [1.54, 1.807) is 18.5 Å². The van der Waals surface area contributed by atoms with Gasteiger partial charge in [0.05, 0.1) is 12.0 Å². The number of rotatable bonds is 0. The maximum Gasteiger partial charge on any atom is 0.144 e. The van der Waals surface area contributed by atoms with Gasteiger partial charge in [-0.1, -0.05) is 6.08 Å². The number of hydrogen-bond donors (Lipinski definition) is 1. The second-order valence-corrected chi connectivity index (χ2v) is 2.75. The van der Waals surface area contributed by atoms with Gasteiger partial charge in [0.1, 0.15) is 12.2 Å². The summed E-state index contributed by atoms with van der Waals surface area (Å²) in [6, 6.07) is 0. The van der Waals surface area contributed by atoms with Crippen LogP contribution in [0.25, 0.3) is 0 Å². The van der Waals surface area contributed by atoms with Crippen LogP contribution in [-0.4, -0.2) is 23.0 Å². The minimum absolute atomic E-state index is 0.312. The van der Waals surface area contributed by atoms with Gasteiger partial charge in [0, 0.05) is 12.6 Å². The van der Waals surface area contributed by atoms with Crippen molar-refractivity contribution in [1.82, 2.24) is 0 Å². The Bertz CT molecular complexity index is 255. The maximum atomic E-state index is 9.83. The molecule has 0 saturated carbocycles.